The number of halogens is 1. The topological polar surface area (TPSA) is 84.4 Å². The molecule has 1 aliphatic heterocycles. The van der Waals surface area contributed by atoms with E-state index >= 15 is 0 Å². The van der Waals surface area contributed by atoms with Gasteiger partial charge in [-0.3, -0.25) is 14.4 Å². The summed E-state index contributed by atoms with van der Waals surface area (Å²) in [6.07, 6.45) is 1.24. The summed E-state index contributed by atoms with van der Waals surface area (Å²) in [7, 11) is 1.85. The molecule has 3 N–H and O–H groups in total. The number of carbonyl (C=O) groups is 1. The Morgan fingerprint density at radius 2 is 2.32 bits per heavy atom. The average molecular weight is 287 g/mol. The largest absolute Gasteiger partial charge is 0.480 e. The first-order valence-corrected chi connectivity index (χ1v) is 6.70. The van der Waals surface area contributed by atoms with E-state index in [1.54, 1.807) is 4.68 Å². The van der Waals surface area contributed by atoms with Gasteiger partial charge in [-0.05, 0) is 12.8 Å². The third-order valence-electron chi connectivity index (χ3n) is 3.68. The number of hydrogen-bond acceptors (Lipinski definition) is 4. The van der Waals surface area contributed by atoms with Crippen LogP contribution in [-0.2, 0) is 24.8 Å². The van der Waals surface area contributed by atoms with Gasteiger partial charge >= 0.3 is 5.97 Å². The molecule has 0 saturated carbocycles. The summed E-state index contributed by atoms with van der Waals surface area (Å²) in [5.41, 5.74) is 6.50. The highest BCUT2D eigenvalue weighted by molar-refractivity contribution is 6.31. The Bertz CT molecular complexity index is 502. The number of hydrogen-bond donors (Lipinski definition) is 2. The first-order valence-electron chi connectivity index (χ1n) is 6.32. The molecule has 1 aromatic heterocycles. The van der Waals surface area contributed by atoms with Crippen LogP contribution in [0.2, 0.25) is 5.02 Å². The Hall–Kier alpha value is -1.11. The molecule has 19 heavy (non-hydrogen) atoms. The van der Waals surface area contributed by atoms with E-state index in [0.717, 1.165) is 17.8 Å². The van der Waals surface area contributed by atoms with E-state index < -0.39 is 11.5 Å². The van der Waals surface area contributed by atoms with Gasteiger partial charge in [-0.25, -0.2) is 0 Å². The maximum absolute atomic E-state index is 11.1. The summed E-state index contributed by atoms with van der Waals surface area (Å²) in [5, 5.41) is 14.1. The molecular weight excluding hydrogens is 268 g/mol. The predicted molar refractivity (Wildman–Crippen MR) is 72.0 cm³/mol. The molecule has 0 bridgehead atoms. The SMILES string of the molecule is CCc1nn(C)c(CN2CCC(N)(C(=O)O)C2)c1Cl. The molecule has 1 saturated heterocycles. The van der Waals surface area contributed by atoms with E-state index in [2.05, 4.69) is 5.10 Å². The zero-order valence-electron chi connectivity index (χ0n) is 11.2. The van der Waals surface area contributed by atoms with Gasteiger partial charge < -0.3 is 10.8 Å². The maximum atomic E-state index is 11.1. The lowest BCUT2D eigenvalue weighted by molar-refractivity contribution is -0.142. The highest BCUT2D eigenvalue weighted by Crippen LogP contribution is 2.26. The van der Waals surface area contributed by atoms with E-state index in [-0.39, 0.29) is 0 Å². The Morgan fingerprint density at radius 3 is 2.79 bits per heavy atom. The van der Waals surface area contributed by atoms with Crippen molar-refractivity contribution in [2.75, 3.05) is 13.1 Å². The Morgan fingerprint density at radius 1 is 1.63 bits per heavy atom. The third kappa shape index (κ3) is 2.61. The number of carboxylic acid groups (broad SMARTS) is 1. The monoisotopic (exact) mass is 286 g/mol. The number of likely N-dealkylation sites (tertiary alicyclic amines) is 1. The van der Waals surface area contributed by atoms with E-state index in [1.165, 1.54) is 0 Å². The molecule has 1 aliphatic rings. The van der Waals surface area contributed by atoms with Gasteiger partial charge in [0.05, 0.1) is 16.4 Å². The number of aromatic nitrogens is 2. The van der Waals surface area contributed by atoms with Crippen molar-refractivity contribution in [2.45, 2.75) is 31.8 Å². The van der Waals surface area contributed by atoms with Crippen LogP contribution in [0.5, 0.6) is 0 Å². The highest BCUT2D eigenvalue weighted by Gasteiger charge is 2.41. The molecule has 2 heterocycles. The Balaban J connectivity index is 2.12. The van der Waals surface area contributed by atoms with Crippen molar-refractivity contribution in [3.05, 3.63) is 16.4 Å². The molecule has 1 fully saturated rings. The molecule has 0 aromatic carbocycles. The summed E-state index contributed by atoms with van der Waals surface area (Å²) in [6.45, 7) is 3.58. The molecular formula is C12H19ClN4O2. The molecule has 2 rings (SSSR count). The predicted octanol–water partition coefficient (Wildman–Crippen LogP) is 0.624. The number of carboxylic acids is 1. The number of rotatable bonds is 4. The van der Waals surface area contributed by atoms with Crippen molar-refractivity contribution in [1.29, 1.82) is 0 Å². The zero-order chi connectivity index (χ0) is 14.2. The standard InChI is InChI=1S/C12H19ClN4O2/c1-3-8-10(13)9(16(2)15-8)6-17-5-4-12(14,7-17)11(18)19/h3-7,14H2,1-2H3,(H,18,19). The van der Waals surface area contributed by atoms with Crippen LogP contribution in [-0.4, -0.2) is 44.4 Å². The van der Waals surface area contributed by atoms with Crippen LogP contribution in [0.1, 0.15) is 24.7 Å². The lowest BCUT2D eigenvalue weighted by atomic mass is 10.0. The van der Waals surface area contributed by atoms with E-state index in [9.17, 15) is 4.79 Å². The fourth-order valence-electron chi connectivity index (χ4n) is 2.43. The highest BCUT2D eigenvalue weighted by atomic mass is 35.5. The minimum atomic E-state index is -1.14. The summed E-state index contributed by atoms with van der Waals surface area (Å²) in [4.78, 5) is 13.1. The van der Waals surface area contributed by atoms with Crippen molar-refractivity contribution in [1.82, 2.24) is 14.7 Å². The number of aliphatic carboxylic acids is 1. The minimum Gasteiger partial charge on any atom is -0.480 e. The lowest BCUT2D eigenvalue weighted by Crippen LogP contribution is -2.50. The summed E-state index contributed by atoms with van der Waals surface area (Å²) in [5.74, 6) is -0.944. The van der Waals surface area contributed by atoms with E-state index in [4.69, 9.17) is 22.4 Å². The first-order chi connectivity index (χ1) is 8.87. The van der Waals surface area contributed by atoms with Gasteiger partial charge in [0.25, 0.3) is 0 Å². The number of nitrogens with zero attached hydrogens (tertiary/aromatic N) is 3. The molecule has 1 unspecified atom stereocenters. The van der Waals surface area contributed by atoms with Gasteiger partial charge in [0.2, 0.25) is 0 Å². The molecule has 1 aromatic rings. The van der Waals surface area contributed by atoms with Gasteiger partial charge in [-0.2, -0.15) is 5.10 Å². The molecule has 0 radical (unpaired) electrons. The number of aryl methyl sites for hydroxylation is 2. The van der Waals surface area contributed by atoms with Crippen LogP contribution in [0.3, 0.4) is 0 Å². The van der Waals surface area contributed by atoms with E-state index in [1.807, 2.05) is 18.9 Å². The van der Waals surface area contributed by atoms with Crippen molar-refractivity contribution in [2.24, 2.45) is 12.8 Å². The van der Waals surface area contributed by atoms with Crippen molar-refractivity contribution in [3.63, 3.8) is 0 Å². The van der Waals surface area contributed by atoms with Crippen LogP contribution in [0.25, 0.3) is 0 Å². The minimum absolute atomic E-state index is 0.339. The van der Waals surface area contributed by atoms with Gasteiger partial charge in [0, 0.05) is 26.7 Å². The Labute approximate surface area is 117 Å². The van der Waals surface area contributed by atoms with Crippen LogP contribution in [0, 0.1) is 0 Å². The van der Waals surface area contributed by atoms with Gasteiger partial charge in [0.15, 0.2) is 0 Å². The van der Waals surface area contributed by atoms with Gasteiger partial charge in [-0.15, -0.1) is 0 Å². The molecule has 6 nitrogen and oxygen atoms in total. The van der Waals surface area contributed by atoms with Crippen LogP contribution >= 0.6 is 11.6 Å². The third-order valence-corrected chi connectivity index (χ3v) is 4.12. The fraction of sp³-hybridized carbons (Fsp3) is 0.667. The van der Waals surface area contributed by atoms with Crippen molar-refractivity contribution in [3.8, 4) is 0 Å². The second kappa shape index (κ2) is 5.11. The average Bonchev–Trinajstić information content (AvgIpc) is 2.86. The maximum Gasteiger partial charge on any atom is 0.325 e. The van der Waals surface area contributed by atoms with Crippen LogP contribution in [0.15, 0.2) is 0 Å². The Kier molecular flexibility index (Phi) is 3.85. The number of nitrogens with two attached hydrogens (primary N) is 1. The molecule has 7 heteroatoms. The molecule has 106 valence electrons. The second-order valence-corrected chi connectivity index (χ2v) is 5.48. The normalized spacial score (nSPS) is 24.0. The van der Waals surface area contributed by atoms with Gasteiger partial charge in [-0.1, -0.05) is 18.5 Å². The summed E-state index contributed by atoms with van der Waals surface area (Å²) in [6, 6.07) is 0. The second-order valence-electron chi connectivity index (χ2n) is 5.11. The molecule has 0 aliphatic carbocycles. The zero-order valence-corrected chi connectivity index (χ0v) is 11.9. The van der Waals surface area contributed by atoms with Crippen LogP contribution in [0.4, 0.5) is 0 Å². The van der Waals surface area contributed by atoms with Crippen molar-refractivity contribution < 1.29 is 9.90 Å². The summed E-state index contributed by atoms with van der Waals surface area (Å²) < 4.78 is 1.76. The van der Waals surface area contributed by atoms with Crippen LogP contribution < -0.4 is 5.73 Å². The van der Waals surface area contributed by atoms with Gasteiger partial charge in [0.1, 0.15) is 5.54 Å². The summed E-state index contributed by atoms with van der Waals surface area (Å²) >= 11 is 6.28. The smallest absolute Gasteiger partial charge is 0.325 e. The fourth-order valence-corrected chi connectivity index (χ4v) is 2.78. The van der Waals surface area contributed by atoms with Crippen molar-refractivity contribution >= 4 is 17.6 Å². The molecule has 0 amide bonds. The molecule has 0 spiro atoms. The quantitative estimate of drug-likeness (QED) is 0.848. The molecule has 1 atom stereocenters. The van der Waals surface area contributed by atoms with E-state index in [0.29, 0.717) is 31.1 Å². The first kappa shape index (κ1) is 14.3. The lowest BCUT2D eigenvalue weighted by Gasteiger charge is -2.20.